The fourth-order valence-corrected chi connectivity index (χ4v) is 0.722. The Bertz CT molecular complexity index is 121. The number of aliphatic hydroxyl groups is 1. The van der Waals surface area contributed by atoms with Crippen LogP contribution in [0.3, 0.4) is 0 Å². The Morgan fingerprint density at radius 3 is 2.22 bits per heavy atom. The topological polar surface area (TPSA) is 89.8 Å². The average Bonchev–Trinajstić information content (AvgIpc) is 1.64. The van der Waals surface area contributed by atoms with Crippen molar-refractivity contribution in [3.05, 3.63) is 0 Å². The largest absolute Gasteiger partial charge is 0.379 e. The first-order valence-electron chi connectivity index (χ1n) is 2.36. The van der Waals surface area contributed by atoms with Crippen molar-refractivity contribution in [3.8, 4) is 0 Å². The second kappa shape index (κ2) is 3.29. The van der Waals surface area contributed by atoms with Crippen molar-refractivity contribution in [2.24, 2.45) is 0 Å². The van der Waals surface area contributed by atoms with Gasteiger partial charge in [-0.05, 0) is 7.05 Å². The summed E-state index contributed by atoms with van der Waals surface area (Å²) in [6.07, 6.45) is 0. The standard InChI is InChI=1S/C3H10NO4P/c1-4-2-3(5)9(6,7)8/h3-5H,2H2,1H3,(H2,6,7,8). The second-order valence-corrected chi connectivity index (χ2v) is 3.40. The first-order chi connectivity index (χ1) is 3.98. The van der Waals surface area contributed by atoms with Gasteiger partial charge in [0.25, 0.3) is 0 Å². The van der Waals surface area contributed by atoms with Gasteiger partial charge in [-0.25, -0.2) is 0 Å². The predicted molar refractivity (Wildman–Crippen MR) is 32.0 cm³/mol. The van der Waals surface area contributed by atoms with Gasteiger partial charge in [0.1, 0.15) is 0 Å². The molecule has 0 aliphatic carbocycles. The monoisotopic (exact) mass is 155 g/mol. The lowest BCUT2D eigenvalue weighted by molar-refractivity contribution is 0.201. The van der Waals surface area contributed by atoms with Gasteiger partial charge in [-0.1, -0.05) is 0 Å². The molecule has 0 fully saturated rings. The molecule has 0 aliphatic rings. The molecule has 0 aromatic rings. The summed E-state index contributed by atoms with van der Waals surface area (Å²) in [5.41, 5.74) is 0. The summed E-state index contributed by atoms with van der Waals surface area (Å²) in [6.45, 7) is -0.0930. The summed E-state index contributed by atoms with van der Waals surface area (Å²) in [5.74, 6) is -1.58. The van der Waals surface area contributed by atoms with E-state index in [-0.39, 0.29) is 6.54 Å². The van der Waals surface area contributed by atoms with E-state index in [0.29, 0.717) is 0 Å². The molecule has 0 heterocycles. The molecule has 1 atom stereocenters. The zero-order valence-corrected chi connectivity index (χ0v) is 5.88. The number of hydrogen-bond acceptors (Lipinski definition) is 3. The third kappa shape index (κ3) is 3.61. The predicted octanol–water partition coefficient (Wildman–Crippen LogP) is -1.30. The van der Waals surface area contributed by atoms with Gasteiger partial charge in [0.05, 0.1) is 0 Å². The zero-order valence-electron chi connectivity index (χ0n) is 4.98. The number of likely N-dealkylation sites (N-methyl/N-ethyl adjacent to an activating group) is 1. The maximum absolute atomic E-state index is 10.1. The maximum atomic E-state index is 10.1. The van der Waals surface area contributed by atoms with Crippen LogP contribution in [0.4, 0.5) is 0 Å². The smallest absolute Gasteiger partial charge is 0.355 e. The van der Waals surface area contributed by atoms with E-state index < -0.39 is 13.4 Å². The minimum atomic E-state index is -4.28. The Kier molecular flexibility index (Phi) is 3.32. The highest BCUT2D eigenvalue weighted by atomic mass is 31.2. The highest BCUT2D eigenvalue weighted by Gasteiger charge is 2.24. The van der Waals surface area contributed by atoms with Gasteiger partial charge in [0, 0.05) is 6.54 Å². The number of rotatable bonds is 3. The van der Waals surface area contributed by atoms with E-state index in [1.807, 2.05) is 0 Å². The summed E-state index contributed by atoms with van der Waals surface area (Å²) in [7, 11) is -2.78. The normalized spacial score (nSPS) is 15.6. The van der Waals surface area contributed by atoms with Crippen LogP contribution < -0.4 is 5.32 Å². The van der Waals surface area contributed by atoms with E-state index in [0.717, 1.165) is 0 Å². The molecule has 4 N–H and O–H groups in total. The molecule has 0 radical (unpaired) electrons. The van der Waals surface area contributed by atoms with Gasteiger partial charge < -0.3 is 20.2 Å². The van der Waals surface area contributed by atoms with Gasteiger partial charge >= 0.3 is 7.60 Å². The van der Waals surface area contributed by atoms with Crippen molar-refractivity contribution in [1.82, 2.24) is 5.32 Å². The minimum absolute atomic E-state index is 0.0930. The lowest BCUT2D eigenvalue weighted by atomic mass is 10.7. The Morgan fingerprint density at radius 1 is 1.67 bits per heavy atom. The van der Waals surface area contributed by atoms with Gasteiger partial charge in [-0.2, -0.15) is 0 Å². The van der Waals surface area contributed by atoms with Crippen LogP contribution in [0.1, 0.15) is 0 Å². The Morgan fingerprint density at radius 2 is 2.11 bits per heavy atom. The molecule has 56 valence electrons. The molecule has 0 saturated carbocycles. The van der Waals surface area contributed by atoms with Crippen LogP contribution in [-0.2, 0) is 4.57 Å². The zero-order chi connectivity index (χ0) is 7.49. The molecule has 0 aromatic carbocycles. The van der Waals surface area contributed by atoms with Crippen molar-refractivity contribution in [3.63, 3.8) is 0 Å². The molecule has 0 aliphatic heterocycles. The van der Waals surface area contributed by atoms with E-state index in [9.17, 15) is 4.57 Å². The number of nitrogens with one attached hydrogen (secondary N) is 1. The highest BCUT2D eigenvalue weighted by molar-refractivity contribution is 7.52. The van der Waals surface area contributed by atoms with Crippen LogP contribution in [0.5, 0.6) is 0 Å². The number of aliphatic hydroxyl groups excluding tert-OH is 1. The van der Waals surface area contributed by atoms with Crippen LogP contribution >= 0.6 is 7.60 Å². The molecule has 0 rings (SSSR count). The SMILES string of the molecule is CNCC(O)P(=O)(O)O. The van der Waals surface area contributed by atoms with E-state index in [1.54, 1.807) is 0 Å². The third-order valence-electron chi connectivity index (χ3n) is 0.775. The third-order valence-corrected chi connectivity index (χ3v) is 1.73. The molecule has 1 unspecified atom stereocenters. The van der Waals surface area contributed by atoms with Crippen LogP contribution in [0.2, 0.25) is 0 Å². The highest BCUT2D eigenvalue weighted by Crippen LogP contribution is 2.38. The Labute approximate surface area is 52.9 Å². The minimum Gasteiger partial charge on any atom is -0.379 e. The molecule has 5 nitrogen and oxygen atoms in total. The van der Waals surface area contributed by atoms with E-state index in [2.05, 4.69) is 5.32 Å². The summed E-state index contributed by atoms with van der Waals surface area (Å²) in [4.78, 5) is 16.5. The molecule has 0 aromatic heterocycles. The summed E-state index contributed by atoms with van der Waals surface area (Å²) in [5, 5.41) is 11.0. The fraction of sp³-hybridized carbons (Fsp3) is 1.00. The Hall–Kier alpha value is 0.0700. The van der Waals surface area contributed by atoms with E-state index in [1.165, 1.54) is 7.05 Å². The second-order valence-electron chi connectivity index (χ2n) is 1.63. The lowest BCUT2D eigenvalue weighted by Gasteiger charge is -2.10. The quantitative estimate of drug-likeness (QED) is 0.380. The van der Waals surface area contributed by atoms with E-state index >= 15 is 0 Å². The van der Waals surface area contributed by atoms with Crippen molar-refractivity contribution in [2.75, 3.05) is 13.6 Å². The summed E-state index contributed by atoms with van der Waals surface area (Å²) in [6, 6.07) is 0. The van der Waals surface area contributed by atoms with Gasteiger partial charge in [-0.3, -0.25) is 4.57 Å². The van der Waals surface area contributed by atoms with Gasteiger partial charge in [0.2, 0.25) is 0 Å². The maximum Gasteiger partial charge on any atom is 0.355 e. The molecule has 0 spiro atoms. The van der Waals surface area contributed by atoms with Gasteiger partial charge in [-0.15, -0.1) is 0 Å². The van der Waals surface area contributed by atoms with Crippen LogP contribution in [0.15, 0.2) is 0 Å². The number of hydrogen-bond donors (Lipinski definition) is 4. The van der Waals surface area contributed by atoms with Crippen LogP contribution in [-0.4, -0.2) is 34.3 Å². The molecule has 0 amide bonds. The van der Waals surface area contributed by atoms with Gasteiger partial charge in [0.15, 0.2) is 5.85 Å². The molecule has 9 heavy (non-hydrogen) atoms. The lowest BCUT2D eigenvalue weighted by Crippen LogP contribution is -2.23. The molecular weight excluding hydrogens is 145 g/mol. The molecule has 0 saturated heterocycles. The van der Waals surface area contributed by atoms with Crippen molar-refractivity contribution in [1.29, 1.82) is 0 Å². The van der Waals surface area contributed by atoms with Crippen LogP contribution in [0.25, 0.3) is 0 Å². The first-order valence-corrected chi connectivity index (χ1v) is 4.04. The van der Waals surface area contributed by atoms with E-state index in [4.69, 9.17) is 14.9 Å². The van der Waals surface area contributed by atoms with Crippen molar-refractivity contribution < 1.29 is 19.5 Å². The molecule has 6 heteroatoms. The summed E-state index contributed by atoms with van der Waals surface area (Å²) >= 11 is 0. The molecular formula is C3H10NO4P. The summed E-state index contributed by atoms with van der Waals surface area (Å²) < 4.78 is 10.1. The van der Waals surface area contributed by atoms with Crippen LogP contribution in [0, 0.1) is 0 Å². The van der Waals surface area contributed by atoms with Crippen molar-refractivity contribution in [2.45, 2.75) is 5.85 Å². The fourth-order valence-electron chi connectivity index (χ4n) is 0.301. The molecule has 0 bridgehead atoms. The average molecular weight is 155 g/mol. The van der Waals surface area contributed by atoms with Crippen molar-refractivity contribution >= 4 is 7.60 Å². The Balaban J connectivity index is 3.74. The first kappa shape index (κ1) is 9.07.